The second-order valence-corrected chi connectivity index (χ2v) is 5.31. The van der Waals surface area contributed by atoms with Crippen LogP contribution in [-0.4, -0.2) is 37.1 Å². The minimum atomic E-state index is 0.260. The molecule has 0 aromatic carbocycles. The van der Waals surface area contributed by atoms with Gasteiger partial charge in [-0.3, -0.25) is 4.79 Å². The van der Waals surface area contributed by atoms with E-state index in [1.165, 1.54) is 6.42 Å². The van der Waals surface area contributed by atoms with Crippen molar-refractivity contribution in [3.8, 4) is 0 Å². The largest absolute Gasteiger partial charge is 0.381 e. The molecule has 1 aliphatic rings. The van der Waals surface area contributed by atoms with Gasteiger partial charge in [-0.15, -0.1) is 0 Å². The van der Waals surface area contributed by atoms with Crippen molar-refractivity contribution in [1.29, 1.82) is 0 Å². The van der Waals surface area contributed by atoms with Crippen molar-refractivity contribution >= 4 is 5.91 Å². The second-order valence-electron chi connectivity index (χ2n) is 5.31. The maximum atomic E-state index is 11.8. The Morgan fingerprint density at radius 1 is 1.50 bits per heavy atom. The summed E-state index contributed by atoms with van der Waals surface area (Å²) in [7, 11) is 0. The number of nitrogens with zero attached hydrogens (tertiary/aromatic N) is 1. The van der Waals surface area contributed by atoms with E-state index in [0.717, 1.165) is 26.1 Å². The molecule has 0 saturated carbocycles. The van der Waals surface area contributed by atoms with Crippen LogP contribution in [0.2, 0.25) is 0 Å². The minimum absolute atomic E-state index is 0.260. The SMILES string of the molecule is CC(C)COCCC(=O)N1CCCC(C)C1. The van der Waals surface area contributed by atoms with Crippen molar-refractivity contribution in [2.75, 3.05) is 26.3 Å². The molecule has 0 bridgehead atoms. The molecule has 1 amide bonds. The van der Waals surface area contributed by atoms with Crippen LogP contribution in [0, 0.1) is 11.8 Å². The first-order valence-corrected chi connectivity index (χ1v) is 6.45. The van der Waals surface area contributed by atoms with Crippen molar-refractivity contribution in [3.05, 3.63) is 0 Å². The third-order valence-corrected chi connectivity index (χ3v) is 2.92. The summed E-state index contributed by atoms with van der Waals surface area (Å²) in [5.74, 6) is 1.47. The van der Waals surface area contributed by atoms with Gasteiger partial charge in [0.05, 0.1) is 13.0 Å². The molecule has 3 nitrogen and oxygen atoms in total. The zero-order valence-corrected chi connectivity index (χ0v) is 10.9. The van der Waals surface area contributed by atoms with Gasteiger partial charge in [-0.1, -0.05) is 20.8 Å². The average Bonchev–Trinajstić information content (AvgIpc) is 2.24. The van der Waals surface area contributed by atoms with Crippen LogP contribution in [0.15, 0.2) is 0 Å². The summed E-state index contributed by atoms with van der Waals surface area (Å²) in [5.41, 5.74) is 0. The number of amides is 1. The van der Waals surface area contributed by atoms with Crippen molar-refractivity contribution in [2.24, 2.45) is 11.8 Å². The van der Waals surface area contributed by atoms with Crippen LogP contribution in [0.3, 0.4) is 0 Å². The number of rotatable bonds is 5. The van der Waals surface area contributed by atoms with Gasteiger partial charge < -0.3 is 9.64 Å². The predicted molar refractivity (Wildman–Crippen MR) is 65.3 cm³/mol. The van der Waals surface area contributed by atoms with E-state index in [-0.39, 0.29) is 5.91 Å². The summed E-state index contributed by atoms with van der Waals surface area (Å²) in [6.45, 7) is 9.65. The molecule has 0 radical (unpaired) electrons. The molecule has 1 aliphatic heterocycles. The zero-order valence-electron chi connectivity index (χ0n) is 10.9. The fraction of sp³-hybridized carbons (Fsp3) is 0.923. The molecule has 1 unspecified atom stereocenters. The van der Waals surface area contributed by atoms with Crippen molar-refractivity contribution in [3.63, 3.8) is 0 Å². The second kappa shape index (κ2) is 6.89. The van der Waals surface area contributed by atoms with E-state index in [0.29, 0.717) is 24.9 Å². The van der Waals surface area contributed by atoms with E-state index in [1.807, 2.05) is 4.90 Å². The molecule has 0 N–H and O–H groups in total. The Kier molecular flexibility index (Phi) is 5.81. The molecule has 0 aliphatic carbocycles. The lowest BCUT2D eigenvalue weighted by Gasteiger charge is -2.31. The van der Waals surface area contributed by atoms with Crippen molar-refractivity contribution in [2.45, 2.75) is 40.0 Å². The highest BCUT2D eigenvalue weighted by Gasteiger charge is 2.20. The highest BCUT2D eigenvalue weighted by Crippen LogP contribution is 2.16. The third-order valence-electron chi connectivity index (χ3n) is 2.92. The molecule has 1 rings (SSSR count). The Hall–Kier alpha value is -0.570. The van der Waals surface area contributed by atoms with Gasteiger partial charge >= 0.3 is 0 Å². The maximum absolute atomic E-state index is 11.8. The fourth-order valence-corrected chi connectivity index (χ4v) is 2.05. The number of ether oxygens (including phenoxy) is 1. The van der Waals surface area contributed by atoms with Crippen molar-refractivity contribution < 1.29 is 9.53 Å². The van der Waals surface area contributed by atoms with Gasteiger partial charge in [0, 0.05) is 19.7 Å². The number of hydrogen-bond donors (Lipinski definition) is 0. The molecular weight excluding hydrogens is 202 g/mol. The van der Waals surface area contributed by atoms with Crippen molar-refractivity contribution in [1.82, 2.24) is 4.90 Å². The Morgan fingerprint density at radius 2 is 2.25 bits per heavy atom. The van der Waals surface area contributed by atoms with E-state index >= 15 is 0 Å². The van der Waals surface area contributed by atoms with Gasteiger partial charge in [-0.2, -0.15) is 0 Å². The zero-order chi connectivity index (χ0) is 12.0. The lowest BCUT2D eigenvalue weighted by molar-refractivity contribution is -0.134. The first kappa shape index (κ1) is 13.5. The molecule has 1 fully saturated rings. The third kappa shape index (κ3) is 4.97. The summed E-state index contributed by atoms with van der Waals surface area (Å²) < 4.78 is 5.44. The van der Waals surface area contributed by atoms with Gasteiger partial charge in [0.2, 0.25) is 5.91 Å². The average molecular weight is 227 g/mol. The lowest BCUT2D eigenvalue weighted by Crippen LogP contribution is -2.39. The highest BCUT2D eigenvalue weighted by atomic mass is 16.5. The van der Waals surface area contributed by atoms with Gasteiger partial charge in [0.15, 0.2) is 0 Å². The summed E-state index contributed by atoms with van der Waals surface area (Å²) >= 11 is 0. The van der Waals surface area contributed by atoms with E-state index < -0.39 is 0 Å². The monoisotopic (exact) mass is 227 g/mol. The maximum Gasteiger partial charge on any atom is 0.224 e. The summed E-state index contributed by atoms with van der Waals surface area (Å²) in [5, 5.41) is 0. The van der Waals surface area contributed by atoms with Crippen LogP contribution in [0.1, 0.15) is 40.0 Å². The van der Waals surface area contributed by atoms with Gasteiger partial charge in [0.25, 0.3) is 0 Å². The molecule has 0 aromatic rings. The van der Waals surface area contributed by atoms with E-state index in [4.69, 9.17) is 4.74 Å². The fourth-order valence-electron chi connectivity index (χ4n) is 2.05. The number of carbonyl (C=O) groups excluding carboxylic acids is 1. The van der Waals surface area contributed by atoms with Crippen LogP contribution < -0.4 is 0 Å². The quantitative estimate of drug-likeness (QED) is 0.675. The van der Waals surface area contributed by atoms with E-state index in [9.17, 15) is 4.79 Å². The Bertz CT molecular complexity index is 216. The standard InChI is InChI=1S/C13H25NO2/c1-11(2)10-16-8-6-13(15)14-7-4-5-12(3)9-14/h11-12H,4-10H2,1-3H3. The smallest absolute Gasteiger partial charge is 0.224 e. The molecule has 0 aromatic heterocycles. The van der Waals surface area contributed by atoms with Gasteiger partial charge in [-0.25, -0.2) is 0 Å². The number of piperidine rings is 1. The summed E-state index contributed by atoms with van der Waals surface area (Å²) in [6.07, 6.45) is 2.95. The summed E-state index contributed by atoms with van der Waals surface area (Å²) in [4.78, 5) is 13.8. The van der Waals surface area contributed by atoms with Crippen LogP contribution in [-0.2, 0) is 9.53 Å². The Balaban J connectivity index is 2.14. The number of carbonyl (C=O) groups is 1. The minimum Gasteiger partial charge on any atom is -0.381 e. The predicted octanol–water partition coefficient (Wildman–Crippen LogP) is 2.31. The number of hydrogen-bond acceptors (Lipinski definition) is 2. The molecule has 0 spiro atoms. The van der Waals surface area contributed by atoms with Crippen LogP contribution in [0.25, 0.3) is 0 Å². The van der Waals surface area contributed by atoms with Gasteiger partial charge in [-0.05, 0) is 24.7 Å². The molecular formula is C13H25NO2. The van der Waals surface area contributed by atoms with Gasteiger partial charge in [0.1, 0.15) is 0 Å². The first-order chi connectivity index (χ1) is 7.59. The summed E-state index contributed by atoms with van der Waals surface area (Å²) in [6, 6.07) is 0. The molecule has 3 heteroatoms. The normalized spacial score (nSPS) is 21.5. The van der Waals surface area contributed by atoms with Crippen LogP contribution in [0.4, 0.5) is 0 Å². The van der Waals surface area contributed by atoms with Crippen LogP contribution in [0.5, 0.6) is 0 Å². The Labute approximate surface area is 99.1 Å². The highest BCUT2D eigenvalue weighted by molar-refractivity contribution is 5.76. The first-order valence-electron chi connectivity index (χ1n) is 6.45. The van der Waals surface area contributed by atoms with E-state index in [2.05, 4.69) is 20.8 Å². The molecule has 16 heavy (non-hydrogen) atoms. The molecule has 1 atom stereocenters. The molecule has 94 valence electrons. The number of likely N-dealkylation sites (tertiary alicyclic amines) is 1. The topological polar surface area (TPSA) is 29.5 Å². The lowest BCUT2D eigenvalue weighted by atomic mass is 10.0. The molecule has 1 saturated heterocycles. The Morgan fingerprint density at radius 3 is 2.88 bits per heavy atom. The van der Waals surface area contributed by atoms with Crippen LogP contribution >= 0.6 is 0 Å². The molecule has 1 heterocycles. The van der Waals surface area contributed by atoms with E-state index in [1.54, 1.807) is 0 Å².